The summed E-state index contributed by atoms with van der Waals surface area (Å²) in [5.41, 5.74) is 0. The van der Waals surface area contributed by atoms with Crippen molar-refractivity contribution >= 4 is 23.2 Å². The van der Waals surface area contributed by atoms with Crippen LogP contribution in [0.25, 0.3) is 0 Å². The highest BCUT2D eigenvalue weighted by Crippen LogP contribution is 2.39. The van der Waals surface area contributed by atoms with Crippen molar-refractivity contribution in [1.29, 1.82) is 0 Å². The highest BCUT2D eigenvalue weighted by Gasteiger charge is 2.37. The van der Waals surface area contributed by atoms with E-state index < -0.39 is 0 Å². The van der Waals surface area contributed by atoms with E-state index in [2.05, 4.69) is 12.2 Å². The molecule has 0 aromatic carbocycles. The normalized spacial score (nSPS) is 25.1. The van der Waals surface area contributed by atoms with Crippen LogP contribution >= 0.6 is 12.2 Å². The van der Waals surface area contributed by atoms with Gasteiger partial charge >= 0.3 is 0 Å². The number of rotatable bonds is 4. The van der Waals surface area contributed by atoms with Crippen LogP contribution in [-0.2, 0) is 9.53 Å². The highest BCUT2D eigenvalue weighted by atomic mass is 32.1. The Balaban J connectivity index is 1.99. The van der Waals surface area contributed by atoms with Crippen LogP contribution in [0.15, 0.2) is 0 Å². The molecular weight excluding hydrogens is 186 g/mol. The molecule has 4 heteroatoms. The number of ether oxygens (including phenoxy) is 1. The lowest BCUT2D eigenvalue weighted by molar-refractivity contribution is -0.119. The number of hydrogen-bond donors (Lipinski definition) is 1. The zero-order valence-corrected chi connectivity index (χ0v) is 8.82. The predicted molar refractivity (Wildman–Crippen MR) is 54.5 cm³/mol. The molecule has 1 rings (SSSR count). The summed E-state index contributed by atoms with van der Waals surface area (Å²) in [5.74, 6) is 1.13. The minimum atomic E-state index is -0.0330. The van der Waals surface area contributed by atoms with Gasteiger partial charge in [-0.1, -0.05) is 6.92 Å². The van der Waals surface area contributed by atoms with Crippen molar-refractivity contribution in [1.82, 2.24) is 5.32 Å². The van der Waals surface area contributed by atoms with E-state index in [1.54, 1.807) is 0 Å². The molecule has 0 unspecified atom stereocenters. The molecule has 0 saturated heterocycles. The lowest BCUT2D eigenvalue weighted by Gasteiger charge is -2.06. The maximum Gasteiger partial charge on any atom is 0.216 e. The minimum Gasteiger partial charge on any atom is -0.485 e. The molecule has 0 aliphatic heterocycles. The average Bonchev–Trinajstić information content (AvgIpc) is 2.75. The maximum absolute atomic E-state index is 10.5. The van der Waals surface area contributed by atoms with Crippen molar-refractivity contribution in [3.8, 4) is 0 Å². The van der Waals surface area contributed by atoms with Crippen LogP contribution in [0, 0.1) is 11.8 Å². The van der Waals surface area contributed by atoms with Gasteiger partial charge in [0.25, 0.3) is 0 Å². The van der Waals surface area contributed by atoms with Gasteiger partial charge in [-0.15, -0.1) is 0 Å². The second kappa shape index (κ2) is 4.56. The molecule has 2 atom stereocenters. The molecule has 3 nitrogen and oxygen atoms in total. The van der Waals surface area contributed by atoms with Crippen molar-refractivity contribution in [3.63, 3.8) is 0 Å². The van der Waals surface area contributed by atoms with Gasteiger partial charge in [-0.25, -0.2) is 0 Å². The van der Waals surface area contributed by atoms with Crippen LogP contribution in [-0.4, -0.2) is 24.1 Å². The molecule has 74 valence electrons. The summed E-state index contributed by atoms with van der Waals surface area (Å²) in [5, 5.41) is 3.35. The van der Waals surface area contributed by atoms with E-state index in [0.717, 1.165) is 6.42 Å². The molecule has 0 bridgehead atoms. The summed E-state index contributed by atoms with van der Waals surface area (Å²) in [6, 6.07) is 0. The van der Waals surface area contributed by atoms with Gasteiger partial charge in [0.1, 0.15) is 6.61 Å². The van der Waals surface area contributed by atoms with E-state index in [-0.39, 0.29) is 5.91 Å². The maximum atomic E-state index is 10.5. The first-order valence-electron chi connectivity index (χ1n) is 4.52. The van der Waals surface area contributed by atoms with E-state index in [0.29, 0.717) is 30.0 Å². The second-order valence-electron chi connectivity index (χ2n) is 3.47. The summed E-state index contributed by atoms with van der Waals surface area (Å²) < 4.78 is 5.30. The van der Waals surface area contributed by atoms with E-state index in [9.17, 15) is 4.79 Å². The Hall–Kier alpha value is -0.640. The summed E-state index contributed by atoms with van der Waals surface area (Å²) in [4.78, 5) is 10.5. The summed E-state index contributed by atoms with van der Waals surface area (Å²) in [6.45, 7) is 4.67. The first-order valence-corrected chi connectivity index (χ1v) is 4.93. The van der Waals surface area contributed by atoms with E-state index in [1.807, 2.05) is 0 Å². The lowest BCUT2D eigenvalue weighted by Crippen LogP contribution is -2.25. The third-order valence-corrected chi connectivity index (χ3v) is 2.55. The highest BCUT2D eigenvalue weighted by molar-refractivity contribution is 7.80. The monoisotopic (exact) mass is 201 g/mol. The van der Waals surface area contributed by atoms with Gasteiger partial charge in [-0.05, 0) is 24.6 Å². The van der Waals surface area contributed by atoms with Crippen LogP contribution in [0.3, 0.4) is 0 Å². The second-order valence-corrected chi connectivity index (χ2v) is 3.87. The molecule has 0 radical (unpaired) electrons. The summed E-state index contributed by atoms with van der Waals surface area (Å²) in [7, 11) is 0. The standard InChI is InChI=1S/C9H15NO2S/c1-6-5-8(6)9(13)12-4-3-10-7(2)11/h6,8H,3-5H2,1-2H3,(H,10,11)/t6-,8+/m0/s1. The fourth-order valence-electron chi connectivity index (χ4n) is 1.14. The van der Waals surface area contributed by atoms with Gasteiger partial charge in [0, 0.05) is 12.8 Å². The molecule has 1 aliphatic rings. The first-order chi connectivity index (χ1) is 6.11. The Morgan fingerprint density at radius 1 is 1.69 bits per heavy atom. The summed E-state index contributed by atoms with van der Waals surface area (Å²) in [6.07, 6.45) is 1.15. The van der Waals surface area contributed by atoms with Gasteiger partial charge in [0.15, 0.2) is 5.05 Å². The van der Waals surface area contributed by atoms with E-state index in [1.165, 1.54) is 6.92 Å². The molecule has 0 spiro atoms. The van der Waals surface area contributed by atoms with E-state index in [4.69, 9.17) is 17.0 Å². The summed E-state index contributed by atoms with van der Waals surface area (Å²) >= 11 is 5.06. The van der Waals surface area contributed by atoms with Crippen molar-refractivity contribution in [2.75, 3.05) is 13.2 Å². The molecule has 1 saturated carbocycles. The zero-order chi connectivity index (χ0) is 9.84. The van der Waals surface area contributed by atoms with Crippen molar-refractivity contribution < 1.29 is 9.53 Å². The Labute approximate surface area is 83.8 Å². The van der Waals surface area contributed by atoms with Gasteiger partial charge < -0.3 is 10.1 Å². The first kappa shape index (κ1) is 10.4. The SMILES string of the molecule is CC(=O)NCCOC(=S)[C@@H]1C[C@@H]1C. The lowest BCUT2D eigenvalue weighted by atomic mass is 10.4. The molecule has 1 N–H and O–H groups in total. The van der Waals surface area contributed by atoms with Gasteiger partial charge in [0.05, 0.1) is 6.54 Å². The fourth-order valence-corrected chi connectivity index (χ4v) is 1.55. The molecule has 1 aliphatic carbocycles. The quantitative estimate of drug-likeness (QED) is 0.547. The Bertz CT molecular complexity index is 218. The largest absolute Gasteiger partial charge is 0.485 e. The smallest absolute Gasteiger partial charge is 0.216 e. The number of nitrogens with one attached hydrogen (secondary N) is 1. The van der Waals surface area contributed by atoms with Gasteiger partial charge in [-0.3, -0.25) is 4.79 Å². The molecule has 0 aromatic rings. The van der Waals surface area contributed by atoms with Crippen molar-refractivity contribution in [2.45, 2.75) is 20.3 Å². The fraction of sp³-hybridized carbons (Fsp3) is 0.778. The van der Waals surface area contributed by atoms with Crippen LogP contribution in [0.2, 0.25) is 0 Å². The molecule has 1 fully saturated rings. The van der Waals surface area contributed by atoms with Crippen molar-refractivity contribution in [2.24, 2.45) is 11.8 Å². The Morgan fingerprint density at radius 2 is 2.31 bits per heavy atom. The Morgan fingerprint density at radius 3 is 2.77 bits per heavy atom. The van der Waals surface area contributed by atoms with Gasteiger partial charge in [0.2, 0.25) is 5.91 Å². The van der Waals surface area contributed by atoms with Crippen LogP contribution in [0.5, 0.6) is 0 Å². The number of thiocarbonyl (C=S) groups is 1. The molecule has 0 heterocycles. The average molecular weight is 201 g/mol. The molecule has 1 amide bonds. The van der Waals surface area contributed by atoms with E-state index >= 15 is 0 Å². The van der Waals surface area contributed by atoms with Crippen LogP contribution in [0.4, 0.5) is 0 Å². The molecular formula is C9H15NO2S. The van der Waals surface area contributed by atoms with Crippen LogP contribution < -0.4 is 5.32 Å². The Kier molecular flexibility index (Phi) is 3.66. The van der Waals surface area contributed by atoms with Crippen LogP contribution in [0.1, 0.15) is 20.3 Å². The number of amides is 1. The number of carbonyl (C=O) groups excluding carboxylic acids is 1. The third-order valence-electron chi connectivity index (χ3n) is 2.13. The molecule has 0 aromatic heterocycles. The minimum absolute atomic E-state index is 0.0330. The number of hydrogen-bond acceptors (Lipinski definition) is 3. The van der Waals surface area contributed by atoms with Gasteiger partial charge in [-0.2, -0.15) is 0 Å². The topological polar surface area (TPSA) is 38.3 Å². The zero-order valence-electron chi connectivity index (χ0n) is 8.00. The van der Waals surface area contributed by atoms with Crippen molar-refractivity contribution in [3.05, 3.63) is 0 Å². The predicted octanol–water partition coefficient (Wildman–Crippen LogP) is 1.12. The third kappa shape index (κ3) is 3.72. The molecule has 13 heavy (non-hydrogen) atoms. The number of carbonyl (C=O) groups is 1.